The molecule has 0 unspecified atom stereocenters. The molecule has 0 aliphatic rings. The Labute approximate surface area is 116 Å². The third-order valence-electron chi connectivity index (χ3n) is 2.62. The molecule has 2 aromatic rings. The molecule has 0 aromatic carbocycles. The van der Waals surface area contributed by atoms with Gasteiger partial charge < -0.3 is 5.73 Å². The summed E-state index contributed by atoms with van der Waals surface area (Å²) < 4.78 is 2.69. The summed E-state index contributed by atoms with van der Waals surface area (Å²) >= 11 is 5.75. The van der Waals surface area contributed by atoms with Crippen LogP contribution < -0.4 is 10.3 Å². The second-order valence-corrected chi connectivity index (χ2v) is 6.12. The van der Waals surface area contributed by atoms with Gasteiger partial charge in [-0.2, -0.15) is 4.57 Å². The van der Waals surface area contributed by atoms with E-state index in [4.69, 9.17) is 5.73 Å². The van der Waals surface area contributed by atoms with E-state index in [0.717, 1.165) is 21.0 Å². The van der Waals surface area contributed by atoms with Crippen molar-refractivity contribution in [3.63, 3.8) is 0 Å². The molecule has 0 fully saturated rings. The molecule has 0 radical (unpaired) electrons. The van der Waals surface area contributed by atoms with E-state index in [1.807, 2.05) is 30.8 Å². The predicted molar refractivity (Wildman–Crippen MR) is 77.0 cm³/mol. The molecular formula is C13H15N2OS2+. The third kappa shape index (κ3) is 2.28. The molecular weight excluding hydrogens is 264 g/mol. The fraction of sp³-hybridized carbons (Fsp3) is 0.231. The van der Waals surface area contributed by atoms with Gasteiger partial charge in [-0.1, -0.05) is 0 Å². The molecule has 94 valence electrons. The zero-order valence-electron chi connectivity index (χ0n) is 10.5. The van der Waals surface area contributed by atoms with Crippen LogP contribution in [0.3, 0.4) is 0 Å². The van der Waals surface area contributed by atoms with Crippen LogP contribution in [0.25, 0.3) is 5.69 Å². The van der Waals surface area contributed by atoms with Crippen LogP contribution in [0.15, 0.2) is 22.7 Å². The van der Waals surface area contributed by atoms with Gasteiger partial charge >= 0.3 is 0 Å². The normalized spacial score (nSPS) is 10.7. The Morgan fingerprint density at radius 3 is 2.33 bits per heavy atom. The maximum Gasteiger partial charge on any atom is 0.258 e. The number of nitrogens with two attached hydrogens (primary N) is 1. The first kappa shape index (κ1) is 13.1. The molecule has 0 amide bonds. The smallest absolute Gasteiger partial charge is 0.258 e. The van der Waals surface area contributed by atoms with Crippen LogP contribution in [-0.2, 0) is 0 Å². The third-order valence-corrected chi connectivity index (χ3v) is 4.20. The minimum atomic E-state index is -0.0241. The lowest BCUT2D eigenvalue weighted by Crippen LogP contribution is -2.31. The Balaban J connectivity index is 2.67. The van der Waals surface area contributed by atoms with Crippen LogP contribution in [0.1, 0.15) is 27.7 Å². The molecule has 0 bridgehead atoms. The van der Waals surface area contributed by atoms with Crippen molar-refractivity contribution in [3.8, 4) is 5.69 Å². The number of rotatable bonds is 2. The molecule has 2 aromatic heterocycles. The first-order chi connectivity index (χ1) is 8.40. The summed E-state index contributed by atoms with van der Waals surface area (Å²) in [5.74, 6) is -0.0241. The van der Waals surface area contributed by atoms with Gasteiger partial charge in [-0.25, -0.2) is 0 Å². The summed E-state index contributed by atoms with van der Waals surface area (Å²) in [6, 6.07) is 2.09. The van der Waals surface area contributed by atoms with Crippen LogP contribution in [0.2, 0.25) is 0 Å². The number of thiol groups is 1. The van der Waals surface area contributed by atoms with Gasteiger partial charge in [-0.05, 0) is 19.9 Å². The van der Waals surface area contributed by atoms with E-state index in [0.29, 0.717) is 10.6 Å². The van der Waals surface area contributed by atoms with Crippen molar-refractivity contribution in [2.24, 2.45) is 0 Å². The number of aromatic nitrogens is 1. The summed E-state index contributed by atoms with van der Waals surface area (Å²) in [7, 11) is 0. The van der Waals surface area contributed by atoms with Gasteiger partial charge in [0.25, 0.3) is 5.69 Å². The molecule has 2 rings (SSSR count). The number of pyridine rings is 1. The number of aryl methyl sites for hydroxylation is 2. The van der Waals surface area contributed by atoms with Crippen LogP contribution in [-0.4, -0.2) is 5.78 Å². The highest BCUT2D eigenvalue weighted by Crippen LogP contribution is 2.34. The Kier molecular flexibility index (Phi) is 3.45. The van der Waals surface area contributed by atoms with E-state index < -0.39 is 0 Å². The van der Waals surface area contributed by atoms with Crippen molar-refractivity contribution >= 4 is 35.4 Å². The van der Waals surface area contributed by atoms with Crippen molar-refractivity contribution in [2.75, 3.05) is 5.73 Å². The second kappa shape index (κ2) is 4.74. The van der Waals surface area contributed by atoms with Crippen LogP contribution in [0.5, 0.6) is 0 Å². The molecule has 0 aliphatic heterocycles. The average Bonchev–Trinajstić information content (AvgIpc) is 2.52. The number of hydrogen-bond donors (Lipinski definition) is 2. The first-order valence-corrected chi connectivity index (χ1v) is 6.78. The Morgan fingerprint density at radius 1 is 1.33 bits per heavy atom. The van der Waals surface area contributed by atoms with E-state index in [-0.39, 0.29) is 5.78 Å². The van der Waals surface area contributed by atoms with Gasteiger partial charge in [0, 0.05) is 18.1 Å². The molecule has 0 saturated heterocycles. The molecule has 0 aliphatic carbocycles. The van der Waals surface area contributed by atoms with E-state index in [1.54, 1.807) is 0 Å². The van der Waals surface area contributed by atoms with Crippen LogP contribution in [0, 0.1) is 13.8 Å². The van der Waals surface area contributed by atoms with Gasteiger partial charge in [0.2, 0.25) is 0 Å². The summed E-state index contributed by atoms with van der Waals surface area (Å²) in [6.07, 6.45) is 3.96. The molecule has 0 spiro atoms. The lowest BCUT2D eigenvalue weighted by molar-refractivity contribution is -0.597. The van der Waals surface area contributed by atoms with E-state index >= 15 is 0 Å². The minimum Gasteiger partial charge on any atom is -0.392 e. The predicted octanol–water partition coefficient (Wildman–Crippen LogP) is 2.72. The van der Waals surface area contributed by atoms with Gasteiger partial charge in [-0.15, -0.1) is 24.0 Å². The number of nitrogen functional groups attached to an aromatic ring is 1. The Bertz CT molecular complexity index is 612. The number of carbonyl (C=O) groups excluding carboxylic acids is 1. The van der Waals surface area contributed by atoms with Crippen molar-refractivity contribution in [2.45, 2.75) is 25.0 Å². The summed E-state index contributed by atoms with van der Waals surface area (Å²) in [6.45, 7) is 5.57. The second-order valence-electron chi connectivity index (χ2n) is 4.35. The lowest BCUT2D eigenvalue weighted by atomic mass is 10.2. The maximum absolute atomic E-state index is 11.5. The number of nitrogens with zero attached hydrogens (tertiary/aromatic N) is 1. The van der Waals surface area contributed by atoms with Crippen LogP contribution >= 0.6 is 24.0 Å². The molecule has 5 heteroatoms. The van der Waals surface area contributed by atoms with Gasteiger partial charge in [-0.3, -0.25) is 4.79 Å². The summed E-state index contributed by atoms with van der Waals surface area (Å²) in [5.41, 5.74) is 9.63. The van der Waals surface area contributed by atoms with Gasteiger partial charge in [0.05, 0.1) is 0 Å². The van der Waals surface area contributed by atoms with Crippen molar-refractivity contribution < 1.29 is 9.36 Å². The van der Waals surface area contributed by atoms with Gasteiger partial charge in [0.1, 0.15) is 14.8 Å². The topological polar surface area (TPSA) is 47.0 Å². The van der Waals surface area contributed by atoms with E-state index in [9.17, 15) is 4.79 Å². The largest absolute Gasteiger partial charge is 0.392 e. The highest BCUT2D eigenvalue weighted by atomic mass is 32.2. The van der Waals surface area contributed by atoms with E-state index in [2.05, 4.69) is 18.7 Å². The SMILES string of the molecule is CC(=O)c1sc(S)c(-[n+]2cc(C)cc(C)c2)c1N. The molecule has 18 heavy (non-hydrogen) atoms. The van der Waals surface area contributed by atoms with Crippen molar-refractivity contribution in [1.82, 2.24) is 0 Å². The number of carbonyl (C=O) groups is 1. The Morgan fingerprint density at radius 2 is 1.89 bits per heavy atom. The first-order valence-electron chi connectivity index (χ1n) is 5.52. The van der Waals surface area contributed by atoms with E-state index in [1.165, 1.54) is 18.3 Å². The zero-order chi connectivity index (χ0) is 13.4. The quantitative estimate of drug-likeness (QED) is 0.504. The standard InChI is InChI=1S/C13H14N2OS2/c1-7-4-8(2)6-15(5-7)11-10(14)12(9(3)16)18-13(11)17/h4-6H,1-3H3,(H2-,14,16,17)/p+1. The highest BCUT2D eigenvalue weighted by molar-refractivity contribution is 7.83. The number of anilines is 1. The number of thiophene rings is 1. The fourth-order valence-electron chi connectivity index (χ4n) is 1.97. The molecule has 0 atom stereocenters. The Hall–Kier alpha value is -1.33. The zero-order valence-corrected chi connectivity index (χ0v) is 12.2. The van der Waals surface area contributed by atoms with Crippen LogP contribution in [0.4, 0.5) is 5.69 Å². The molecule has 3 nitrogen and oxygen atoms in total. The summed E-state index contributed by atoms with van der Waals surface area (Å²) in [5, 5.41) is 0. The maximum atomic E-state index is 11.5. The number of Topliss-reactive ketones (excluding diaryl/α,β-unsaturated/α-hetero) is 1. The average molecular weight is 279 g/mol. The van der Waals surface area contributed by atoms with Crippen molar-refractivity contribution in [3.05, 3.63) is 34.5 Å². The highest BCUT2D eigenvalue weighted by Gasteiger charge is 2.24. The summed E-state index contributed by atoms with van der Waals surface area (Å²) in [4.78, 5) is 12.1. The number of hydrogen-bond acceptors (Lipinski definition) is 4. The van der Waals surface area contributed by atoms with Gasteiger partial charge in [0.15, 0.2) is 18.2 Å². The molecule has 0 saturated carbocycles. The lowest BCUT2D eigenvalue weighted by Gasteiger charge is -1.99. The molecule has 2 N–H and O–H groups in total. The van der Waals surface area contributed by atoms with Crippen molar-refractivity contribution in [1.29, 1.82) is 0 Å². The number of ketones is 1. The fourth-order valence-corrected chi connectivity index (χ4v) is 3.34. The minimum absolute atomic E-state index is 0.0241. The molecule has 2 heterocycles. The monoisotopic (exact) mass is 279 g/mol.